The van der Waals surface area contributed by atoms with E-state index in [9.17, 15) is 0 Å². The lowest BCUT2D eigenvalue weighted by Gasteiger charge is -2.26. The van der Waals surface area contributed by atoms with Crippen molar-refractivity contribution in [1.29, 1.82) is 0 Å². The number of nitrogens with zero attached hydrogens (tertiary/aromatic N) is 2. The van der Waals surface area contributed by atoms with Gasteiger partial charge in [-0.2, -0.15) is 0 Å². The van der Waals surface area contributed by atoms with Gasteiger partial charge in [-0.1, -0.05) is 0 Å². The van der Waals surface area contributed by atoms with E-state index in [2.05, 4.69) is 15.3 Å². The Morgan fingerprint density at radius 1 is 1.50 bits per heavy atom. The molecule has 1 unspecified atom stereocenters. The molecule has 1 aliphatic rings. The quantitative estimate of drug-likeness (QED) is 0.825. The van der Waals surface area contributed by atoms with Gasteiger partial charge in [-0.15, -0.1) is 0 Å². The molecule has 1 aromatic heterocycles. The monoisotopic (exact) mass is 223 g/mol. The molecule has 2 rings (SSSR count). The summed E-state index contributed by atoms with van der Waals surface area (Å²) < 4.78 is 10.9. The molecule has 0 aliphatic carbocycles. The van der Waals surface area contributed by atoms with Crippen molar-refractivity contribution in [3.63, 3.8) is 0 Å². The van der Waals surface area contributed by atoms with E-state index in [1.54, 1.807) is 19.5 Å². The average molecular weight is 223 g/mol. The fourth-order valence-corrected chi connectivity index (χ4v) is 1.79. The number of rotatable bonds is 4. The molecule has 0 saturated carbocycles. The lowest BCUT2D eigenvalue weighted by Crippen LogP contribution is -2.39. The van der Waals surface area contributed by atoms with Gasteiger partial charge in [0.25, 0.3) is 0 Å². The minimum Gasteiger partial charge on any atom is -0.378 e. The third-order valence-electron chi connectivity index (χ3n) is 2.96. The number of nitrogens with one attached hydrogen (secondary N) is 1. The second-order valence-electron chi connectivity index (χ2n) is 4.03. The van der Waals surface area contributed by atoms with Crippen molar-refractivity contribution in [2.45, 2.75) is 18.9 Å². The van der Waals surface area contributed by atoms with E-state index in [4.69, 9.17) is 9.47 Å². The Hall–Kier alpha value is -1.20. The summed E-state index contributed by atoms with van der Waals surface area (Å²) in [4.78, 5) is 8.41. The van der Waals surface area contributed by atoms with E-state index in [0.717, 1.165) is 24.5 Å². The largest absolute Gasteiger partial charge is 0.378 e. The number of ether oxygens (including phenoxy) is 2. The molecule has 1 N–H and O–H groups in total. The molecule has 5 heteroatoms. The predicted octanol–water partition coefficient (Wildman–Crippen LogP) is 1.00. The number of hydrogen-bond acceptors (Lipinski definition) is 5. The van der Waals surface area contributed by atoms with Crippen LogP contribution in [0.2, 0.25) is 0 Å². The normalized spacial score (nSPS) is 24.6. The molecular formula is C11H17N3O2. The number of anilines is 1. The predicted molar refractivity (Wildman–Crippen MR) is 60.4 cm³/mol. The first-order valence-corrected chi connectivity index (χ1v) is 5.40. The third kappa shape index (κ3) is 2.31. The van der Waals surface area contributed by atoms with Crippen LogP contribution in [0.25, 0.3) is 0 Å². The standard InChI is InChI=1S/C11H17N3O2/c1-9-10(13-5-4-12-9)14-7-11(15-2)3-6-16-8-11/h4-5H,3,6-8H2,1-2H3,(H,13,14). The van der Waals surface area contributed by atoms with Crippen molar-refractivity contribution in [1.82, 2.24) is 9.97 Å². The van der Waals surface area contributed by atoms with Crippen molar-refractivity contribution < 1.29 is 9.47 Å². The molecule has 0 radical (unpaired) electrons. The zero-order chi connectivity index (χ0) is 11.4. The average Bonchev–Trinajstić information content (AvgIpc) is 2.78. The molecule has 1 fully saturated rings. The molecule has 0 bridgehead atoms. The van der Waals surface area contributed by atoms with E-state index >= 15 is 0 Å². The Morgan fingerprint density at radius 3 is 2.94 bits per heavy atom. The van der Waals surface area contributed by atoms with Gasteiger partial charge >= 0.3 is 0 Å². The highest BCUT2D eigenvalue weighted by molar-refractivity contribution is 5.38. The van der Waals surface area contributed by atoms with Crippen molar-refractivity contribution in [3.05, 3.63) is 18.1 Å². The summed E-state index contributed by atoms with van der Waals surface area (Å²) in [5.74, 6) is 0.811. The Labute approximate surface area is 95.2 Å². The van der Waals surface area contributed by atoms with E-state index in [-0.39, 0.29) is 5.60 Å². The van der Waals surface area contributed by atoms with Gasteiger partial charge in [-0.3, -0.25) is 4.98 Å². The van der Waals surface area contributed by atoms with Gasteiger partial charge in [-0.25, -0.2) is 4.98 Å². The van der Waals surface area contributed by atoms with Gasteiger partial charge in [0.15, 0.2) is 0 Å². The molecule has 0 amide bonds. The van der Waals surface area contributed by atoms with E-state index < -0.39 is 0 Å². The fourth-order valence-electron chi connectivity index (χ4n) is 1.79. The maximum atomic E-state index is 5.52. The van der Waals surface area contributed by atoms with Crippen molar-refractivity contribution >= 4 is 5.82 Å². The van der Waals surface area contributed by atoms with Gasteiger partial charge in [-0.05, 0) is 6.92 Å². The van der Waals surface area contributed by atoms with Gasteiger partial charge in [0.2, 0.25) is 0 Å². The van der Waals surface area contributed by atoms with Gasteiger partial charge in [0.05, 0.1) is 12.3 Å². The van der Waals surface area contributed by atoms with Crippen LogP contribution in [0, 0.1) is 6.92 Å². The molecule has 2 heterocycles. The number of hydrogen-bond donors (Lipinski definition) is 1. The number of methoxy groups -OCH3 is 1. The minimum atomic E-state index is -0.218. The lowest BCUT2D eigenvalue weighted by atomic mass is 10.0. The van der Waals surface area contributed by atoms with Crippen LogP contribution in [0.1, 0.15) is 12.1 Å². The summed E-state index contributed by atoms with van der Waals surface area (Å²) in [6.07, 6.45) is 4.28. The van der Waals surface area contributed by atoms with E-state index in [1.165, 1.54) is 0 Å². The molecule has 1 saturated heterocycles. The highest BCUT2D eigenvalue weighted by Gasteiger charge is 2.34. The van der Waals surface area contributed by atoms with E-state index in [0.29, 0.717) is 13.2 Å². The first kappa shape index (κ1) is 11.3. The highest BCUT2D eigenvalue weighted by atomic mass is 16.5. The summed E-state index contributed by atoms with van der Waals surface area (Å²) in [6, 6.07) is 0. The Bertz CT molecular complexity index is 351. The van der Waals surface area contributed by atoms with Crippen LogP contribution < -0.4 is 5.32 Å². The first-order chi connectivity index (χ1) is 7.76. The molecule has 1 aromatic rings. The summed E-state index contributed by atoms with van der Waals surface area (Å²) >= 11 is 0. The molecule has 1 aliphatic heterocycles. The summed E-state index contributed by atoms with van der Waals surface area (Å²) in [6.45, 7) is 4.02. The molecule has 16 heavy (non-hydrogen) atoms. The summed E-state index contributed by atoms with van der Waals surface area (Å²) in [5, 5.41) is 3.27. The van der Waals surface area contributed by atoms with Crippen LogP contribution in [0.3, 0.4) is 0 Å². The van der Waals surface area contributed by atoms with Crippen molar-refractivity contribution in [2.24, 2.45) is 0 Å². The number of aryl methyl sites for hydroxylation is 1. The SMILES string of the molecule is COC1(CNc2nccnc2C)CCOC1. The van der Waals surface area contributed by atoms with Crippen LogP contribution >= 0.6 is 0 Å². The maximum Gasteiger partial charge on any atom is 0.147 e. The smallest absolute Gasteiger partial charge is 0.147 e. The van der Waals surface area contributed by atoms with Gasteiger partial charge in [0, 0.05) is 39.1 Å². The summed E-state index contributed by atoms with van der Waals surface area (Å²) in [7, 11) is 1.72. The van der Waals surface area contributed by atoms with Crippen molar-refractivity contribution in [3.8, 4) is 0 Å². The Morgan fingerprint density at radius 2 is 2.31 bits per heavy atom. The molecule has 5 nitrogen and oxygen atoms in total. The molecular weight excluding hydrogens is 206 g/mol. The lowest BCUT2D eigenvalue weighted by molar-refractivity contribution is -0.00626. The first-order valence-electron chi connectivity index (χ1n) is 5.40. The molecule has 88 valence electrons. The van der Waals surface area contributed by atoms with Gasteiger partial charge < -0.3 is 14.8 Å². The van der Waals surface area contributed by atoms with Crippen LogP contribution in [-0.2, 0) is 9.47 Å². The van der Waals surface area contributed by atoms with E-state index in [1.807, 2.05) is 6.92 Å². The molecule has 0 aromatic carbocycles. The maximum absolute atomic E-state index is 5.52. The second-order valence-corrected chi connectivity index (χ2v) is 4.03. The molecule has 0 spiro atoms. The minimum absolute atomic E-state index is 0.218. The third-order valence-corrected chi connectivity index (χ3v) is 2.96. The zero-order valence-corrected chi connectivity index (χ0v) is 9.69. The van der Waals surface area contributed by atoms with Crippen LogP contribution in [0.5, 0.6) is 0 Å². The molecule has 1 atom stereocenters. The van der Waals surface area contributed by atoms with Crippen LogP contribution in [-0.4, -0.2) is 42.4 Å². The summed E-state index contributed by atoms with van der Waals surface area (Å²) in [5.41, 5.74) is 0.678. The second kappa shape index (κ2) is 4.76. The van der Waals surface area contributed by atoms with Crippen LogP contribution in [0.4, 0.5) is 5.82 Å². The number of aromatic nitrogens is 2. The van der Waals surface area contributed by atoms with Gasteiger partial charge in [0.1, 0.15) is 11.4 Å². The fraction of sp³-hybridized carbons (Fsp3) is 0.636. The Balaban J connectivity index is 1.98. The zero-order valence-electron chi connectivity index (χ0n) is 9.69. The highest BCUT2D eigenvalue weighted by Crippen LogP contribution is 2.23. The Kier molecular flexibility index (Phi) is 3.36. The van der Waals surface area contributed by atoms with Crippen LogP contribution in [0.15, 0.2) is 12.4 Å². The topological polar surface area (TPSA) is 56.3 Å². The van der Waals surface area contributed by atoms with Crippen molar-refractivity contribution in [2.75, 3.05) is 32.2 Å².